The van der Waals surface area contributed by atoms with Gasteiger partial charge in [-0.1, -0.05) is 48.0 Å². The molecule has 0 N–H and O–H groups in total. The fourth-order valence-electron chi connectivity index (χ4n) is 2.70. The van der Waals surface area contributed by atoms with Crippen molar-refractivity contribution >= 4 is 92.0 Å². The zero-order valence-corrected chi connectivity index (χ0v) is 17.4. The van der Waals surface area contributed by atoms with E-state index in [-0.39, 0.29) is 0 Å². The van der Waals surface area contributed by atoms with Crippen molar-refractivity contribution in [3.05, 3.63) is 58.5 Å². The molecule has 3 rings (SSSR count). The second-order valence-corrected chi connectivity index (χ2v) is 10.2. The highest BCUT2D eigenvalue weighted by atomic mass is 79.9. The first-order valence-corrected chi connectivity index (χ1v) is 9.49. The predicted molar refractivity (Wildman–Crippen MR) is 108 cm³/mol. The number of fused-ring (bicyclic) bond motifs is 2. The number of rotatable bonds is 0. The van der Waals surface area contributed by atoms with Gasteiger partial charge in [0.1, 0.15) is 0 Å². The molecule has 0 amide bonds. The zero-order chi connectivity index (χ0) is 15.1. The molecule has 0 saturated carbocycles. The SMILES string of the molecule is Cc1ccc2c(=C(Br)Br)c3ccccc3c(=C(Br)Br)c2c1. The normalized spacial score (nSPS) is 11.1. The van der Waals surface area contributed by atoms with E-state index in [9.17, 15) is 0 Å². The van der Waals surface area contributed by atoms with Crippen LogP contribution < -0.4 is 10.4 Å². The van der Waals surface area contributed by atoms with E-state index in [0.29, 0.717) is 0 Å². The first-order valence-electron chi connectivity index (χ1n) is 6.32. The average molecular weight is 534 g/mol. The molecule has 0 aliphatic rings. The van der Waals surface area contributed by atoms with Crippen LogP contribution in [-0.4, -0.2) is 0 Å². The molecule has 0 bridgehead atoms. The maximum Gasteiger partial charge on any atom is 0.0688 e. The Morgan fingerprint density at radius 2 is 1.14 bits per heavy atom. The van der Waals surface area contributed by atoms with Gasteiger partial charge in [0, 0.05) is 10.4 Å². The van der Waals surface area contributed by atoms with Crippen molar-refractivity contribution in [2.24, 2.45) is 0 Å². The van der Waals surface area contributed by atoms with Gasteiger partial charge in [-0.15, -0.1) is 0 Å². The Kier molecular flexibility index (Phi) is 4.60. The third kappa shape index (κ3) is 2.76. The van der Waals surface area contributed by atoms with Crippen molar-refractivity contribution < 1.29 is 0 Å². The summed E-state index contributed by atoms with van der Waals surface area (Å²) < 4.78 is 1.94. The van der Waals surface area contributed by atoms with Crippen LogP contribution in [0.1, 0.15) is 5.56 Å². The van der Waals surface area contributed by atoms with E-state index in [1.54, 1.807) is 0 Å². The average Bonchev–Trinajstić information content (AvgIpc) is 2.43. The molecular formula is C17H10Br4. The van der Waals surface area contributed by atoms with E-state index in [1.807, 2.05) is 0 Å². The molecule has 0 nitrogen and oxygen atoms in total. The summed E-state index contributed by atoms with van der Waals surface area (Å²) in [5.41, 5.74) is 1.25. The largest absolute Gasteiger partial charge is 0.0688 e. The Labute approximate surface area is 156 Å². The highest BCUT2D eigenvalue weighted by molar-refractivity contribution is 9.34. The lowest BCUT2D eigenvalue weighted by Crippen LogP contribution is -2.15. The van der Waals surface area contributed by atoms with Crippen molar-refractivity contribution in [3.8, 4) is 0 Å². The van der Waals surface area contributed by atoms with E-state index in [1.165, 1.54) is 37.5 Å². The Hall–Kier alpha value is -0.160. The molecule has 0 heterocycles. The number of halogens is 4. The van der Waals surface area contributed by atoms with Gasteiger partial charge in [0.15, 0.2) is 0 Å². The molecule has 0 aliphatic carbocycles. The summed E-state index contributed by atoms with van der Waals surface area (Å²) in [7, 11) is 0. The third-order valence-electron chi connectivity index (χ3n) is 3.56. The van der Waals surface area contributed by atoms with Crippen molar-refractivity contribution in [1.29, 1.82) is 0 Å². The summed E-state index contributed by atoms with van der Waals surface area (Å²) in [6.45, 7) is 2.12. The fraction of sp³-hybridized carbons (Fsp3) is 0.0588. The van der Waals surface area contributed by atoms with Gasteiger partial charge in [-0.25, -0.2) is 0 Å². The molecule has 3 aromatic rings. The topological polar surface area (TPSA) is 0 Å². The first-order chi connectivity index (χ1) is 10.0. The minimum absolute atomic E-state index is 0.970. The number of hydrogen-bond acceptors (Lipinski definition) is 0. The molecule has 0 fully saturated rings. The summed E-state index contributed by atoms with van der Waals surface area (Å²) in [5, 5.41) is 7.24. The zero-order valence-electron chi connectivity index (χ0n) is 11.1. The van der Waals surface area contributed by atoms with Crippen molar-refractivity contribution in [1.82, 2.24) is 0 Å². The molecule has 0 aliphatic heterocycles. The molecule has 21 heavy (non-hydrogen) atoms. The van der Waals surface area contributed by atoms with Crippen LogP contribution in [0.2, 0.25) is 0 Å². The molecule has 0 spiro atoms. The number of aryl methyl sites for hydroxylation is 1. The summed E-state index contributed by atoms with van der Waals surface area (Å²) in [4.78, 5) is 0. The summed E-state index contributed by atoms with van der Waals surface area (Å²) in [6.07, 6.45) is 0. The highest BCUT2D eigenvalue weighted by Gasteiger charge is 2.09. The van der Waals surface area contributed by atoms with E-state index in [2.05, 4.69) is 113 Å². The molecule has 0 aromatic heterocycles. The standard InChI is InChI=1S/C17H10Br4/c1-9-6-7-12-13(8-9)15(17(20)21)11-5-3-2-4-10(11)14(12)16(18)19/h2-8H,1H3. The van der Waals surface area contributed by atoms with Crippen LogP contribution in [0.25, 0.3) is 28.3 Å². The Morgan fingerprint density at radius 3 is 1.67 bits per heavy atom. The van der Waals surface area contributed by atoms with Crippen LogP contribution in [0, 0.1) is 6.92 Å². The second kappa shape index (κ2) is 6.15. The molecule has 4 heteroatoms. The maximum absolute atomic E-state index is 3.61. The van der Waals surface area contributed by atoms with Crippen molar-refractivity contribution in [2.45, 2.75) is 6.92 Å². The van der Waals surface area contributed by atoms with Gasteiger partial charge < -0.3 is 0 Å². The van der Waals surface area contributed by atoms with Gasteiger partial charge in [-0.2, -0.15) is 0 Å². The lowest BCUT2D eigenvalue weighted by molar-refractivity contribution is 1.50. The highest BCUT2D eigenvalue weighted by Crippen LogP contribution is 2.24. The Morgan fingerprint density at radius 1 is 0.667 bits per heavy atom. The lowest BCUT2D eigenvalue weighted by Gasteiger charge is -2.09. The molecule has 0 unspecified atom stereocenters. The first kappa shape index (κ1) is 15.7. The Balaban J connectivity index is 2.87. The molecule has 106 valence electrons. The van der Waals surface area contributed by atoms with Crippen molar-refractivity contribution in [3.63, 3.8) is 0 Å². The van der Waals surface area contributed by atoms with Crippen LogP contribution in [0.4, 0.5) is 0 Å². The van der Waals surface area contributed by atoms with E-state index in [0.717, 1.165) is 6.78 Å². The van der Waals surface area contributed by atoms with Gasteiger partial charge >= 0.3 is 0 Å². The van der Waals surface area contributed by atoms with Crippen LogP contribution in [0.5, 0.6) is 0 Å². The van der Waals surface area contributed by atoms with Gasteiger partial charge in [0.25, 0.3) is 0 Å². The molecule has 0 saturated heterocycles. The van der Waals surface area contributed by atoms with E-state index in [4.69, 9.17) is 0 Å². The van der Waals surface area contributed by atoms with Gasteiger partial charge in [0.2, 0.25) is 0 Å². The van der Waals surface area contributed by atoms with Crippen LogP contribution in [-0.2, 0) is 0 Å². The second-order valence-electron chi connectivity index (χ2n) is 4.87. The summed E-state index contributed by atoms with van der Waals surface area (Å²) in [5.74, 6) is 0. The lowest BCUT2D eigenvalue weighted by atomic mass is 9.98. The van der Waals surface area contributed by atoms with Gasteiger partial charge in [-0.05, 0) is 92.2 Å². The van der Waals surface area contributed by atoms with Gasteiger partial charge in [0.05, 0.1) is 6.78 Å². The van der Waals surface area contributed by atoms with E-state index < -0.39 is 0 Å². The minimum atomic E-state index is 0.970. The molecule has 0 radical (unpaired) electrons. The van der Waals surface area contributed by atoms with Gasteiger partial charge in [-0.3, -0.25) is 0 Å². The summed E-state index contributed by atoms with van der Waals surface area (Å²) >= 11 is 14.4. The molecular weight excluding hydrogens is 524 g/mol. The van der Waals surface area contributed by atoms with Crippen LogP contribution in [0.3, 0.4) is 0 Å². The quantitative estimate of drug-likeness (QED) is 0.310. The third-order valence-corrected chi connectivity index (χ3v) is 5.14. The molecule has 3 aromatic carbocycles. The maximum atomic E-state index is 3.61. The molecule has 0 atom stereocenters. The van der Waals surface area contributed by atoms with Crippen molar-refractivity contribution in [2.75, 3.05) is 0 Å². The smallest absolute Gasteiger partial charge is 0.0616 e. The predicted octanol–water partition coefficient (Wildman–Crippen LogP) is 6.01. The number of hydrogen-bond donors (Lipinski definition) is 0. The Bertz CT molecular complexity index is 979. The minimum Gasteiger partial charge on any atom is -0.0616 e. The van der Waals surface area contributed by atoms with Crippen LogP contribution >= 0.6 is 63.7 Å². The monoisotopic (exact) mass is 530 g/mol. The van der Waals surface area contributed by atoms with Crippen LogP contribution in [0.15, 0.2) is 42.5 Å². The number of benzene rings is 3. The summed E-state index contributed by atoms with van der Waals surface area (Å²) in [6, 6.07) is 15.0. The fourth-order valence-corrected chi connectivity index (χ4v) is 4.41. The van der Waals surface area contributed by atoms with E-state index >= 15 is 0 Å².